The van der Waals surface area contributed by atoms with Gasteiger partial charge in [-0.2, -0.15) is 4.31 Å². The molecule has 138 valence electrons. The lowest BCUT2D eigenvalue weighted by atomic mass is 10.0. The molecule has 2 aromatic rings. The van der Waals surface area contributed by atoms with E-state index in [1.54, 1.807) is 0 Å². The van der Waals surface area contributed by atoms with E-state index in [0.717, 1.165) is 27.8 Å². The molecule has 0 saturated heterocycles. The quantitative estimate of drug-likeness (QED) is 0.864. The summed E-state index contributed by atoms with van der Waals surface area (Å²) >= 11 is 0. The number of nitrogens with zero attached hydrogens (tertiary/aromatic N) is 1. The van der Waals surface area contributed by atoms with Crippen molar-refractivity contribution < 1.29 is 22.3 Å². The molecule has 1 amide bonds. The topological polar surface area (TPSA) is 75.7 Å². The van der Waals surface area contributed by atoms with Crippen LogP contribution in [-0.4, -0.2) is 38.8 Å². The molecule has 0 spiro atoms. The lowest BCUT2D eigenvalue weighted by molar-refractivity contribution is -0.122. The molecule has 1 aliphatic rings. The van der Waals surface area contributed by atoms with E-state index in [9.17, 15) is 17.6 Å². The zero-order valence-electron chi connectivity index (χ0n) is 14.2. The van der Waals surface area contributed by atoms with Crippen molar-refractivity contribution in [3.8, 4) is 5.75 Å². The fourth-order valence-corrected chi connectivity index (χ4v) is 3.93. The summed E-state index contributed by atoms with van der Waals surface area (Å²) < 4.78 is 44.4. The number of ether oxygens (including phenoxy) is 1. The second kappa shape index (κ2) is 7.43. The zero-order valence-corrected chi connectivity index (χ0v) is 15.0. The van der Waals surface area contributed by atoms with Crippen molar-refractivity contribution in [1.29, 1.82) is 0 Å². The number of rotatable bonds is 5. The van der Waals surface area contributed by atoms with E-state index >= 15 is 0 Å². The van der Waals surface area contributed by atoms with Gasteiger partial charge >= 0.3 is 0 Å². The van der Waals surface area contributed by atoms with Crippen LogP contribution in [0, 0.1) is 5.82 Å². The minimum atomic E-state index is -3.87. The van der Waals surface area contributed by atoms with E-state index in [-0.39, 0.29) is 17.5 Å². The Labute approximate surface area is 151 Å². The fourth-order valence-electron chi connectivity index (χ4n) is 2.81. The van der Waals surface area contributed by atoms with Crippen LogP contribution in [0.15, 0.2) is 53.4 Å². The first-order chi connectivity index (χ1) is 12.4. The number of carbonyl (C=O) groups is 1. The van der Waals surface area contributed by atoms with Gasteiger partial charge in [-0.15, -0.1) is 0 Å². The average molecular weight is 378 g/mol. The Bertz CT molecular complexity index is 900. The van der Waals surface area contributed by atoms with E-state index in [0.29, 0.717) is 13.0 Å². The largest absolute Gasteiger partial charge is 0.493 e. The minimum absolute atomic E-state index is 0.0642. The van der Waals surface area contributed by atoms with Crippen molar-refractivity contribution >= 4 is 15.9 Å². The van der Waals surface area contributed by atoms with E-state index in [2.05, 4.69) is 5.32 Å². The molecular formula is C18H19FN2O4S. The predicted molar refractivity (Wildman–Crippen MR) is 93.7 cm³/mol. The Morgan fingerprint density at radius 3 is 2.65 bits per heavy atom. The molecule has 0 aromatic heterocycles. The number of hydrogen-bond donors (Lipinski definition) is 1. The maximum absolute atomic E-state index is 13.0. The number of amides is 1. The number of benzene rings is 2. The number of likely N-dealkylation sites (N-methyl/N-ethyl adjacent to an activating group) is 1. The first-order valence-electron chi connectivity index (χ1n) is 8.11. The van der Waals surface area contributed by atoms with Crippen LogP contribution in [0.1, 0.15) is 18.0 Å². The summed E-state index contributed by atoms with van der Waals surface area (Å²) in [7, 11) is -2.56. The molecule has 0 radical (unpaired) electrons. The highest BCUT2D eigenvalue weighted by molar-refractivity contribution is 7.89. The van der Waals surface area contributed by atoms with Gasteiger partial charge in [-0.25, -0.2) is 12.8 Å². The van der Waals surface area contributed by atoms with Crippen LogP contribution in [0.25, 0.3) is 0 Å². The number of halogens is 1. The van der Waals surface area contributed by atoms with Gasteiger partial charge in [0.25, 0.3) is 0 Å². The van der Waals surface area contributed by atoms with Crippen LogP contribution in [0.5, 0.6) is 5.75 Å². The first kappa shape index (κ1) is 18.3. The average Bonchev–Trinajstić information content (AvgIpc) is 2.62. The molecule has 3 rings (SSSR count). The summed E-state index contributed by atoms with van der Waals surface area (Å²) in [5.41, 5.74) is 0.871. The van der Waals surface area contributed by atoms with Crippen molar-refractivity contribution in [2.24, 2.45) is 0 Å². The highest BCUT2D eigenvalue weighted by Crippen LogP contribution is 2.31. The Morgan fingerprint density at radius 1 is 1.23 bits per heavy atom. The van der Waals surface area contributed by atoms with E-state index < -0.39 is 21.7 Å². The Morgan fingerprint density at radius 2 is 1.92 bits per heavy atom. The smallest absolute Gasteiger partial charge is 0.243 e. The molecule has 1 atom stereocenters. The third kappa shape index (κ3) is 3.86. The van der Waals surface area contributed by atoms with E-state index in [1.165, 1.54) is 19.2 Å². The van der Waals surface area contributed by atoms with Gasteiger partial charge < -0.3 is 10.1 Å². The van der Waals surface area contributed by atoms with Crippen molar-refractivity contribution in [2.45, 2.75) is 17.4 Å². The van der Waals surface area contributed by atoms with Gasteiger partial charge in [0.15, 0.2) is 0 Å². The molecule has 8 heteroatoms. The predicted octanol–water partition coefficient (Wildman–Crippen LogP) is 2.09. The van der Waals surface area contributed by atoms with Gasteiger partial charge in [-0.1, -0.05) is 18.2 Å². The Balaban J connectivity index is 1.67. The molecule has 0 aliphatic carbocycles. The molecule has 1 aliphatic heterocycles. The van der Waals surface area contributed by atoms with Crippen LogP contribution in [0.4, 0.5) is 4.39 Å². The van der Waals surface area contributed by atoms with Gasteiger partial charge in [-0.05, 0) is 30.3 Å². The molecule has 6 nitrogen and oxygen atoms in total. The number of fused-ring (bicyclic) bond motifs is 1. The van der Waals surface area contributed by atoms with Gasteiger partial charge in [0.2, 0.25) is 15.9 Å². The van der Waals surface area contributed by atoms with Gasteiger partial charge in [0, 0.05) is 19.0 Å². The van der Waals surface area contributed by atoms with Gasteiger partial charge in [0.05, 0.1) is 24.1 Å². The van der Waals surface area contributed by atoms with Crippen molar-refractivity contribution in [3.05, 3.63) is 59.9 Å². The number of hydrogen-bond acceptors (Lipinski definition) is 4. The lowest BCUT2D eigenvalue weighted by Crippen LogP contribution is -2.40. The summed E-state index contributed by atoms with van der Waals surface area (Å²) in [6.07, 6.45) is 0.608. The number of carbonyl (C=O) groups excluding carboxylic acids is 1. The third-order valence-electron chi connectivity index (χ3n) is 4.18. The maximum atomic E-state index is 13.0. The second-order valence-corrected chi connectivity index (χ2v) is 8.05. The standard InChI is InChI=1S/C18H19FN2O4S/c1-21(26(23,24)14-8-6-13(19)7-9-14)12-18(22)20-16-10-11-25-17-5-3-2-4-15(16)17/h2-9,16H,10-12H2,1H3,(H,20,22)/t16-/m0/s1. The highest BCUT2D eigenvalue weighted by atomic mass is 32.2. The van der Waals surface area contributed by atoms with Crippen molar-refractivity contribution in [3.63, 3.8) is 0 Å². The van der Waals surface area contributed by atoms with Crippen molar-refractivity contribution in [1.82, 2.24) is 9.62 Å². The molecule has 26 heavy (non-hydrogen) atoms. The monoisotopic (exact) mass is 378 g/mol. The van der Waals surface area contributed by atoms with E-state index in [4.69, 9.17) is 4.74 Å². The summed E-state index contributed by atoms with van der Waals surface area (Å²) in [5, 5.41) is 2.85. The molecule has 0 bridgehead atoms. The normalized spacial score (nSPS) is 16.7. The van der Waals surface area contributed by atoms with Crippen LogP contribution >= 0.6 is 0 Å². The molecule has 0 fully saturated rings. The SMILES string of the molecule is CN(CC(=O)N[C@H]1CCOc2ccccc21)S(=O)(=O)c1ccc(F)cc1. The van der Waals surface area contributed by atoms with Crippen molar-refractivity contribution in [2.75, 3.05) is 20.2 Å². The van der Waals surface area contributed by atoms with Crippen LogP contribution in [0.3, 0.4) is 0 Å². The lowest BCUT2D eigenvalue weighted by Gasteiger charge is -2.27. The summed E-state index contributed by atoms with van der Waals surface area (Å²) in [6, 6.07) is 11.7. The Kier molecular flexibility index (Phi) is 5.24. The third-order valence-corrected chi connectivity index (χ3v) is 6.00. The highest BCUT2D eigenvalue weighted by Gasteiger charge is 2.26. The minimum Gasteiger partial charge on any atom is -0.493 e. The number of nitrogens with one attached hydrogen (secondary N) is 1. The molecule has 0 unspecified atom stereocenters. The summed E-state index contributed by atoms with van der Waals surface area (Å²) in [4.78, 5) is 12.3. The number of sulfonamides is 1. The molecule has 2 aromatic carbocycles. The van der Waals surface area contributed by atoms with Crippen LogP contribution in [-0.2, 0) is 14.8 Å². The maximum Gasteiger partial charge on any atom is 0.243 e. The first-order valence-corrected chi connectivity index (χ1v) is 9.55. The summed E-state index contributed by atoms with van der Waals surface area (Å²) in [5.74, 6) is -0.223. The van der Waals surface area contributed by atoms with Crippen LogP contribution in [0.2, 0.25) is 0 Å². The number of para-hydroxylation sites is 1. The Hall–Kier alpha value is -2.45. The molecule has 0 saturated carbocycles. The molecule has 1 N–H and O–H groups in total. The molecule has 1 heterocycles. The summed E-state index contributed by atoms with van der Waals surface area (Å²) in [6.45, 7) is 0.144. The van der Waals surface area contributed by atoms with E-state index in [1.807, 2.05) is 24.3 Å². The zero-order chi connectivity index (χ0) is 18.7. The molecular weight excluding hydrogens is 359 g/mol. The second-order valence-electron chi connectivity index (χ2n) is 6.01. The van der Waals surface area contributed by atoms with Crippen LogP contribution < -0.4 is 10.1 Å². The van der Waals surface area contributed by atoms with Gasteiger partial charge in [0.1, 0.15) is 11.6 Å². The fraction of sp³-hybridized carbons (Fsp3) is 0.278. The van der Waals surface area contributed by atoms with Gasteiger partial charge in [-0.3, -0.25) is 4.79 Å².